The number of alkyl halides is 2. The molecule has 2 aliphatic rings. The molecule has 1 saturated carbocycles. The van der Waals surface area contributed by atoms with Crippen molar-refractivity contribution in [3.63, 3.8) is 0 Å². The second kappa shape index (κ2) is 5.87. The molecule has 0 spiro atoms. The zero-order chi connectivity index (χ0) is 19.6. The summed E-state index contributed by atoms with van der Waals surface area (Å²) in [5, 5.41) is 0. The SMILES string of the molecule is Cc1ccc(CN)cc1-c1ccc2c(n1)N(C)S(=O)(=O)N2CC1CC1(F)F. The Morgan fingerprint density at radius 1 is 1.30 bits per heavy atom. The molecule has 0 radical (unpaired) electrons. The molecule has 2 heterocycles. The molecule has 1 unspecified atom stereocenters. The normalized spacial score (nSPS) is 22.0. The standard InChI is InChI=1S/C18H20F2N4O2S/c1-11-3-4-12(9-21)7-14(11)15-5-6-16-17(22-15)23(2)27(25,26)24(16)10-13-8-18(13,19)20/h3-7,13H,8-10,21H2,1-2H3. The minimum absolute atomic E-state index is 0.241. The Kier molecular flexibility index (Phi) is 3.94. The fourth-order valence-electron chi connectivity index (χ4n) is 3.33. The van der Waals surface area contributed by atoms with Gasteiger partial charge in [-0.3, -0.25) is 0 Å². The summed E-state index contributed by atoms with van der Waals surface area (Å²) in [6.45, 7) is 2.08. The van der Waals surface area contributed by atoms with Crippen LogP contribution in [0.5, 0.6) is 0 Å². The summed E-state index contributed by atoms with van der Waals surface area (Å²) in [6.07, 6.45) is -0.283. The second-order valence-electron chi connectivity index (χ2n) is 7.06. The number of fused-ring (bicyclic) bond motifs is 1. The highest BCUT2D eigenvalue weighted by molar-refractivity contribution is 7.94. The lowest BCUT2D eigenvalue weighted by molar-refractivity contribution is 0.101. The van der Waals surface area contributed by atoms with Gasteiger partial charge in [-0.1, -0.05) is 12.1 Å². The van der Waals surface area contributed by atoms with E-state index in [1.165, 1.54) is 7.05 Å². The third kappa shape index (κ3) is 2.85. The van der Waals surface area contributed by atoms with Crippen LogP contribution in [0.15, 0.2) is 30.3 Å². The van der Waals surface area contributed by atoms with Crippen LogP contribution in [-0.2, 0) is 16.8 Å². The molecule has 0 bridgehead atoms. The first-order valence-corrected chi connectivity index (χ1v) is 10.0. The van der Waals surface area contributed by atoms with Crippen molar-refractivity contribution in [2.45, 2.75) is 25.8 Å². The molecular formula is C18H20F2N4O2S. The quantitative estimate of drug-likeness (QED) is 0.865. The third-order valence-electron chi connectivity index (χ3n) is 5.20. The Bertz CT molecular complexity index is 1030. The lowest BCUT2D eigenvalue weighted by Crippen LogP contribution is -2.37. The number of halogens is 2. The molecule has 0 saturated heterocycles. The van der Waals surface area contributed by atoms with Crippen molar-refractivity contribution in [3.05, 3.63) is 41.5 Å². The van der Waals surface area contributed by atoms with E-state index in [0.29, 0.717) is 17.9 Å². The average molecular weight is 394 g/mol. The van der Waals surface area contributed by atoms with Gasteiger partial charge >= 0.3 is 10.2 Å². The number of aromatic nitrogens is 1. The van der Waals surface area contributed by atoms with Gasteiger partial charge in [0.05, 0.1) is 11.4 Å². The Morgan fingerprint density at radius 3 is 2.63 bits per heavy atom. The fourth-order valence-corrected chi connectivity index (χ4v) is 4.74. The Labute approximate surface area is 156 Å². The Hall–Kier alpha value is -2.26. The van der Waals surface area contributed by atoms with Crippen molar-refractivity contribution >= 4 is 21.7 Å². The first kappa shape index (κ1) is 18.1. The maximum Gasteiger partial charge on any atom is 0.327 e. The van der Waals surface area contributed by atoms with Crippen LogP contribution >= 0.6 is 0 Å². The predicted molar refractivity (Wildman–Crippen MR) is 100 cm³/mol. The van der Waals surface area contributed by atoms with Gasteiger partial charge in [-0.25, -0.2) is 22.4 Å². The maximum atomic E-state index is 13.3. The smallest absolute Gasteiger partial charge is 0.326 e. The molecule has 1 aromatic carbocycles. The molecule has 1 fully saturated rings. The van der Waals surface area contributed by atoms with Gasteiger partial charge in [-0.05, 0) is 36.2 Å². The molecule has 2 N–H and O–H groups in total. The molecule has 0 amide bonds. The van der Waals surface area contributed by atoms with E-state index in [9.17, 15) is 17.2 Å². The van der Waals surface area contributed by atoms with Crippen LogP contribution in [0.3, 0.4) is 0 Å². The lowest BCUT2D eigenvalue weighted by Gasteiger charge is -2.18. The molecule has 6 nitrogen and oxygen atoms in total. The van der Waals surface area contributed by atoms with Gasteiger partial charge in [-0.2, -0.15) is 8.42 Å². The summed E-state index contributed by atoms with van der Waals surface area (Å²) in [6, 6.07) is 9.15. The zero-order valence-electron chi connectivity index (χ0n) is 15.0. The zero-order valence-corrected chi connectivity index (χ0v) is 15.8. The van der Waals surface area contributed by atoms with Gasteiger partial charge < -0.3 is 5.73 Å². The van der Waals surface area contributed by atoms with E-state index in [1.807, 2.05) is 25.1 Å². The average Bonchev–Trinajstić information content (AvgIpc) is 3.19. The summed E-state index contributed by atoms with van der Waals surface area (Å²) in [5.74, 6) is -3.49. The summed E-state index contributed by atoms with van der Waals surface area (Å²) < 4.78 is 54.1. The van der Waals surface area contributed by atoms with Crippen molar-refractivity contribution in [2.24, 2.45) is 11.7 Å². The van der Waals surface area contributed by atoms with E-state index in [0.717, 1.165) is 25.3 Å². The number of nitrogens with two attached hydrogens (primary N) is 1. The van der Waals surface area contributed by atoms with Crippen molar-refractivity contribution < 1.29 is 17.2 Å². The minimum atomic E-state index is -3.90. The van der Waals surface area contributed by atoms with E-state index in [-0.39, 0.29) is 18.8 Å². The highest BCUT2D eigenvalue weighted by Gasteiger charge is 2.59. The number of anilines is 2. The molecule has 1 atom stereocenters. The van der Waals surface area contributed by atoms with Crippen LogP contribution in [0.1, 0.15) is 17.5 Å². The number of hydrogen-bond acceptors (Lipinski definition) is 4. The van der Waals surface area contributed by atoms with Gasteiger partial charge in [0.1, 0.15) is 0 Å². The minimum Gasteiger partial charge on any atom is -0.326 e. The molecule has 27 heavy (non-hydrogen) atoms. The lowest BCUT2D eigenvalue weighted by atomic mass is 10.0. The first-order chi connectivity index (χ1) is 12.6. The first-order valence-electron chi connectivity index (χ1n) is 8.60. The van der Waals surface area contributed by atoms with Gasteiger partial charge in [0.25, 0.3) is 5.92 Å². The number of nitrogens with zero attached hydrogens (tertiary/aromatic N) is 3. The summed E-state index contributed by atoms with van der Waals surface area (Å²) in [4.78, 5) is 4.53. The van der Waals surface area contributed by atoms with Crippen LogP contribution in [0.4, 0.5) is 20.3 Å². The predicted octanol–water partition coefficient (Wildman–Crippen LogP) is 2.67. The summed E-state index contributed by atoms with van der Waals surface area (Å²) in [7, 11) is -2.51. The second-order valence-corrected chi connectivity index (χ2v) is 8.95. The van der Waals surface area contributed by atoms with Crippen LogP contribution in [0, 0.1) is 12.8 Å². The van der Waals surface area contributed by atoms with E-state index < -0.39 is 22.0 Å². The van der Waals surface area contributed by atoms with Crippen molar-refractivity contribution in [1.82, 2.24) is 4.98 Å². The number of hydrogen-bond donors (Lipinski definition) is 1. The number of rotatable bonds is 4. The molecule has 2 aromatic rings. The largest absolute Gasteiger partial charge is 0.327 e. The topological polar surface area (TPSA) is 79.5 Å². The van der Waals surface area contributed by atoms with Crippen molar-refractivity contribution in [2.75, 3.05) is 22.2 Å². The Balaban J connectivity index is 1.76. The van der Waals surface area contributed by atoms with E-state index in [2.05, 4.69) is 4.98 Å². The third-order valence-corrected chi connectivity index (χ3v) is 6.97. The molecule has 144 valence electrons. The monoisotopic (exact) mass is 394 g/mol. The van der Waals surface area contributed by atoms with Crippen molar-refractivity contribution in [3.8, 4) is 11.3 Å². The maximum absolute atomic E-state index is 13.3. The molecular weight excluding hydrogens is 374 g/mol. The van der Waals surface area contributed by atoms with Crippen LogP contribution in [0.2, 0.25) is 0 Å². The summed E-state index contributed by atoms with van der Waals surface area (Å²) in [5.41, 5.74) is 9.44. The van der Waals surface area contributed by atoms with Crippen LogP contribution in [-0.4, -0.2) is 32.9 Å². The van der Waals surface area contributed by atoms with Crippen LogP contribution in [0.25, 0.3) is 11.3 Å². The van der Waals surface area contributed by atoms with E-state index >= 15 is 0 Å². The molecule has 9 heteroatoms. The van der Waals surface area contributed by atoms with Crippen molar-refractivity contribution in [1.29, 1.82) is 0 Å². The number of aryl methyl sites for hydroxylation is 1. The highest BCUT2D eigenvalue weighted by atomic mass is 32.2. The number of pyridine rings is 1. The van der Waals surface area contributed by atoms with E-state index in [1.54, 1.807) is 12.1 Å². The van der Waals surface area contributed by atoms with Gasteiger partial charge in [0, 0.05) is 38.0 Å². The molecule has 1 aromatic heterocycles. The van der Waals surface area contributed by atoms with Gasteiger partial charge in [0.15, 0.2) is 5.82 Å². The van der Waals surface area contributed by atoms with Gasteiger partial charge in [-0.15, -0.1) is 0 Å². The van der Waals surface area contributed by atoms with E-state index in [4.69, 9.17) is 5.73 Å². The Morgan fingerprint density at radius 2 is 2.00 bits per heavy atom. The molecule has 1 aliphatic carbocycles. The highest BCUT2D eigenvalue weighted by Crippen LogP contribution is 2.51. The molecule has 4 rings (SSSR count). The summed E-state index contributed by atoms with van der Waals surface area (Å²) >= 11 is 0. The molecule has 1 aliphatic heterocycles. The van der Waals surface area contributed by atoms with Crippen LogP contribution < -0.4 is 14.3 Å². The fraction of sp³-hybridized carbons (Fsp3) is 0.389. The number of benzene rings is 1. The van der Waals surface area contributed by atoms with Gasteiger partial charge in [0.2, 0.25) is 0 Å².